The van der Waals surface area contributed by atoms with Gasteiger partial charge in [-0.25, -0.2) is 0 Å². The number of hydrogen-bond donors (Lipinski definition) is 1. The van der Waals surface area contributed by atoms with Crippen LogP contribution < -0.4 is 5.32 Å². The van der Waals surface area contributed by atoms with Gasteiger partial charge < -0.3 is 5.32 Å². The monoisotopic (exact) mass is 249 g/mol. The van der Waals surface area contributed by atoms with E-state index in [1.165, 1.54) is 69.9 Å². The zero-order chi connectivity index (χ0) is 13.1. The van der Waals surface area contributed by atoms with Crippen molar-refractivity contribution in [2.75, 3.05) is 6.54 Å². The van der Waals surface area contributed by atoms with Crippen molar-refractivity contribution in [1.82, 2.24) is 5.32 Å². The van der Waals surface area contributed by atoms with Gasteiger partial charge in [0.05, 0.1) is 0 Å². The molecule has 0 bridgehead atoms. The average molecular weight is 249 g/mol. The standard InChI is InChI=1S/C17H31N/c1-3-4-5-6-7-8-12-15-18-16(2)17-13-10-9-11-14-17/h10,13-14,16,18H,3-9,11-12,15H2,1-2H3. The third kappa shape index (κ3) is 7.00. The lowest BCUT2D eigenvalue weighted by atomic mass is 10.0. The highest BCUT2D eigenvalue weighted by molar-refractivity contribution is 5.26. The van der Waals surface area contributed by atoms with Crippen LogP contribution in [0.15, 0.2) is 23.8 Å². The van der Waals surface area contributed by atoms with Crippen molar-refractivity contribution in [2.45, 2.75) is 77.7 Å². The first-order valence-electron chi connectivity index (χ1n) is 7.94. The van der Waals surface area contributed by atoms with Crippen LogP contribution in [0.3, 0.4) is 0 Å². The van der Waals surface area contributed by atoms with Gasteiger partial charge in [-0.15, -0.1) is 0 Å². The third-order valence-electron chi connectivity index (χ3n) is 3.75. The van der Waals surface area contributed by atoms with E-state index in [2.05, 4.69) is 37.4 Å². The molecule has 104 valence electrons. The second-order valence-corrected chi connectivity index (χ2v) is 5.48. The highest BCUT2D eigenvalue weighted by Crippen LogP contribution is 2.13. The molecule has 0 aromatic rings. The summed E-state index contributed by atoms with van der Waals surface area (Å²) in [6.07, 6.45) is 19.1. The van der Waals surface area contributed by atoms with Gasteiger partial charge >= 0.3 is 0 Å². The fourth-order valence-electron chi connectivity index (χ4n) is 2.47. The number of allylic oxidation sites excluding steroid dienone is 2. The third-order valence-corrected chi connectivity index (χ3v) is 3.75. The van der Waals surface area contributed by atoms with E-state index in [0.717, 1.165) is 0 Å². The molecule has 1 atom stereocenters. The van der Waals surface area contributed by atoms with Gasteiger partial charge in [-0.2, -0.15) is 0 Å². The summed E-state index contributed by atoms with van der Waals surface area (Å²) in [6, 6.07) is 0.529. The lowest BCUT2D eigenvalue weighted by molar-refractivity contribution is 0.542. The van der Waals surface area contributed by atoms with E-state index in [-0.39, 0.29) is 0 Å². The first-order chi connectivity index (χ1) is 8.84. The molecule has 0 saturated carbocycles. The maximum absolute atomic E-state index is 3.63. The van der Waals surface area contributed by atoms with Gasteiger partial charge in [0, 0.05) is 6.04 Å². The Morgan fingerprint density at radius 1 is 1.06 bits per heavy atom. The summed E-state index contributed by atoms with van der Waals surface area (Å²) in [5, 5.41) is 3.63. The minimum Gasteiger partial charge on any atom is -0.310 e. The molecule has 1 heteroatoms. The van der Waals surface area contributed by atoms with Crippen LogP contribution in [0, 0.1) is 0 Å². The molecule has 1 aliphatic rings. The summed E-state index contributed by atoms with van der Waals surface area (Å²) in [5.74, 6) is 0. The molecule has 1 unspecified atom stereocenters. The van der Waals surface area contributed by atoms with Gasteiger partial charge in [-0.05, 0) is 38.3 Å². The van der Waals surface area contributed by atoms with Crippen molar-refractivity contribution in [3.8, 4) is 0 Å². The quantitative estimate of drug-likeness (QED) is 0.538. The Balaban J connectivity index is 1.94. The number of nitrogens with one attached hydrogen (secondary N) is 1. The van der Waals surface area contributed by atoms with Gasteiger partial charge in [0.2, 0.25) is 0 Å². The van der Waals surface area contributed by atoms with Crippen molar-refractivity contribution >= 4 is 0 Å². The van der Waals surface area contributed by atoms with Crippen LogP contribution in [0.4, 0.5) is 0 Å². The molecule has 0 heterocycles. The summed E-state index contributed by atoms with van der Waals surface area (Å²) in [6.45, 7) is 5.72. The van der Waals surface area contributed by atoms with Crippen molar-refractivity contribution in [3.05, 3.63) is 23.8 Å². The lowest BCUT2D eigenvalue weighted by Gasteiger charge is -2.17. The Morgan fingerprint density at radius 3 is 2.44 bits per heavy atom. The first kappa shape index (κ1) is 15.5. The topological polar surface area (TPSA) is 12.0 Å². The van der Waals surface area contributed by atoms with Crippen molar-refractivity contribution in [3.63, 3.8) is 0 Å². The number of unbranched alkanes of at least 4 members (excludes halogenated alkanes) is 6. The maximum atomic E-state index is 3.63. The van der Waals surface area contributed by atoms with E-state index in [1.54, 1.807) is 0 Å². The van der Waals surface area contributed by atoms with Gasteiger partial charge in [0.15, 0.2) is 0 Å². The van der Waals surface area contributed by atoms with Crippen LogP contribution in [-0.2, 0) is 0 Å². The molecule has 0 fully saturated rings. The molecule has 1 rings (SSSR count). The van der Waals surface area contributed by atoms with E-state index in [4.69, 9.17) is 0 Å². The molecule has 0 spiro atoms. The highest BCUT2D eigenvalue weighted by atomic mass is 14.9. The Morgan fingerprint density at radius 2 is 1.78 bits per heavy atom. The Bertz CT molecular complexity index is 252. The summed E-state index contributed by atoms with van der Waals surface area (Å²) >= 11 is 0. The molecule has 1 aliphatic carbocycles. The molecule has 18 heavy (non-hydrogen) atoms. The zero-order valence-corrected chi connectivity index (χ0v) is 12.4. The van der Waals surface area contributed by atoms with E-state index in [1.807, 2.05) is 0 Å². The molecule has 0 saturated heterocycles. The van der Waals surface area contributed by atoms with E-state index in [0.29, 0.717) is 6.04 Å². The van der Waals surface area contributed by atoms with Crippen molar-refractivity contribution in [1.29, 1.82) is 0 Å². The molecule has 0 aliphatic heterocycles. The van der Waals surface area contributed by atoms with Gasteiger partial charge in [-0.1, -0.05) is 63.7 Å². The van der Waals surface area contributed by atoms with Crippen LogP contribution in [0.2, 0.25) is 0 Å². The molecule has 0 radical (unpaired) electrons. The van der Waals surface area contributed by atoms with Crippen LogP contribution in [0.1, 0.15) is 71.6 Å². The summed E-state index contributed by atoms with van der Waals surface area (Å²) in [4.78, 5) is 0. The number of rotatable bonds is 10. The van der Waals surface area contributed by atoms with E-state index >= 15 is 0 Å². The van der Waals surface area contributed by atoms with E-state index in [9.17, 15) is 0 Å². The van der Waals surface area contributed by atoms with Gasteiger partial charge in [0.25, 0.3) is 0 Å². The largest absolute Gasteiger partial charge is 0.310 e. The molecule has 0 amide bonds. The predicted molar refractivity (Wildman–Crippen MR) is 81.9 cm³/mol. The molecular formula is C17H31N. The summed E-state index contributed by atoms with van der Waals surface area (Å²) in [5.41, 5.74) is 1.48. The Hall–Kier alpha value is -0.560. The van der Waals surface area contributed by atoms with Crippen LogP contribution in [0.25, 0.3) is 0 Å². The second-order valence-electron chi connectivity index (χ2n) is 5.48. The predicted octanol–water partition coefficient (Wildman–Crippen LogP) is 4.99. The van der Waals surface area contributed by atoms with Gasteiger partial charge in [-0.3, -0.25) is 0 Å². The Labute approximate surface area is 114 Å². The number of hydrogen-bond acceptors (Lipinski definition) is 1. The molecular weight excluding hydrogens is 218 g/mol. The zero-order valence-electron chi connectivity index (χ0n) is 12.4. The van der Waals surface area contributed by atoms with Crippen LogP contribution in [-0.4, -0.2) is 12.6 Å². The second kappa shape index (κ2) is 10.4. The van der Waals surface area contributed by atoms with Crippen LogP contribution >= 0.6 is 0 Å². The molecule has 0 aromatic carbocycles. The van der Waals surface area contributed by atoms with Crippen LogP contribution in [0.5, 0.6) is 0 Å². The lowest BCUT2D eigenvalue weighted by Crippen LogP contribution is -2.28. The fourth-order valence-corrected chi connectivity index (χ4v) is 2.47. The Kier molecular flexibility index (Phi) is 8.93. The smallest absolute Gasteiger partial charge is 0.0288 e. The van der Waals surface area contributed by atoms with Gasteiger partial charge in [0.1, 0.15) is 0 Å². The molecule has 1 N–H and O–H groups in total. The maximum Gasteiger partial charge on any atom is 0.0288 e. The minimum atomic E-state index is 0.529. The normalized spacial score (nSPS) is 16.7. The summed E-state index contributed by atoms with van der Waals surface area (Å²) in [7, 11) is 0. The first-order valence-corrected chi connectivity index (χ1v) is 7.94. The SMILES string of the molecule is CCCCCCCCCNC(C)C1=CCCC=C1. The average Bonchev–Trinajstić information content (AvgIpc) is 2.42. The van der Waals surface area contributed by atoms with E-state index < -0.39 is 0 Å². The highest BCUT2D eigenvalue weighted by Gasteiger charge is 2.06. The summed E-state index contributed by atoms with van der Waals surface area (Å²) < 4.78 is 0. The fraction of sp³-hybridized carbons (Fsp3) is 0.765. The molecule has 1 nitrogen and oxygen atoms in total. The van der Waals surface area contributed by atoms with Crippen molar-refractivity contribution < 1.29 is 0 Å². The van der Waals surface area contributed by atoms with Crippen molar-refractivity contribution in [2.24, 2.45) is 0 Å². The minimum absolute atomic E-state index is 0.529. The molecule has 0 aromatic heterocycles.